The Morgan fingerprint density at radius 1 is 0.680 bits per heavy atom. The van der Waals surface area contributed by atoms with Gasteiger partial charge in [0.2, 0.25) is 0 Å². The fourth-order valence-corrected chi connectivity index (χ4v) is 2.91. The summed E-state index contributed by atoms with van der Waals surface area (Å²) in [5.41, 5.74) is 5.16. The van der Waals surface area contributed by atoms with E-state index in [-0.39, 0.29) is 26.2 Å². The van der Waals surface area contributed by atoms with Crippen molar-refractivity contribution in [3.05, 3.63) is 113 Å². The average molecular weight is 419 g/mol. The van der Waals surface area contributed by atoms with Crippen LogP contribution in [0.5, 0.6) is 0 Å². The van der Waals surface area contributed by atoms with Crippen molar-refractivity contribution in [2.24, 2.45) is 0 Å². The summed E-state index contributed by atoms with van der Waals surface area (Å²) in [6, 6.07) is 30.5. The van der Waals surface area contributed by atoms with Crippen LogP contribution in [-0.2, 0) is 31.6 Å². The second-order valence-corrected chi connectivity index (χ2v) is 5.80. The van der Waals surface area contributed by atoms with Crippen molar-refractivity contribution in [2.75, 3.05) is 0 Å². The first-order valence-electron chi connectivity index (χ1n) is 8.14. The van der Waals surface area contributed by atoms with Gasteiger partial charge in [-0.3, -0.25) is 4.79 Å². The molecule has 0 heterocycles. The van der Waals surface area contributed by atoms with Gasteiger partial charge in [0.15, 0.2) is 5.78 Å². The molecule has 3 aromatic rings. The molecule has 0 saturated carbocycles. The fraction of sp³-hybridized carbons (Fsp3) is 0.0870. The SMILES string of the molecule is CC(=O)C(Cc1ccccc1)=C(c1ccccc1)c1ccccc1.[Pd]. The Kier molecular flexibility index (Phi) is 7.07. The quantitative estimate of drug-likeness (QED) is 0.405. The van der Waals surface area contributed by atoms with Crippen LogP contribution in [-0.4, -0.2) is 5.78 Å². The molecule has 1 nitrogen and oxygen atoms in total. The summed E-state index contributed by atoms with van der Waals surface area (Å²) in [6.45, 7) is 1.66. The Bertz CT molecular complexity index is 796. The molecule has 0 aromatic heterocycles. The van der Waals surface area contributed by atoms with Crippen molar-refractivity contribution >= 4 is 11.4 Å². The minimum Gasteiger partial charge on any atom is -0.295 e. The molecule has 25 heavy (non-hydrogen) atoms. The number of carbonyl (C=O) groups is 1. The Morgan fingerprint density at radius 3 is 1.48 bits per heavy atom. The van der Waals surface area contributed by atoms with Crippen LogP contribution in [0.25, 0.3) is 5.57 Å². The minimum absolute atomic E-state index is 0. The van der Waals surface area contributed by atoms with E-state index in [2.05, 4.69) is 36.4 Å². The van der Waals surface area contributed by atoms with Gasteiger partial charge in [-0.25, -0.2) is 0 Å². The third kappa shape index (κ3) is 4.86. The van der Waals surface area contributed by atoms with Gasteiger partial charge in [0, 0.05) is 32.4 Å². The van der Waals surface area contributed by atoms with Crippen molar-refractivity contribution in [2.45, 2.75) is 13.3 Å². The van der Waals surface area contributed by atoms with Gasteiger partial charge in [-0.1, -0.05) is 91.0 Å². The third-order valence-electron chi connectivity index (χ3n) is 4.08. The van der Waals surface area contributed by atoms with E-state index in [9.17, 15) is 4.79 Å². The summed E-state index contributed by atoms with van der Waals surface area (Å²) >= 11 is 0. The second-order valence-electron chi connectivity index (χ2n) is 5.80. The van der Waals surface area contributed by atoms with E-state index in [1.54, 1.807) is 6.92 Å². The van der Waals surface area contributed by atoms with Crippen molar-refractivity contribution in [1.29, 1.82) is 0 Å². The maximum Gasteiger partial charge on any atom is 0.156 e. The van der Waals surface area contributed by atoms with Gasteiger partial charge in [0.1, 0.15) is 0 Å². The number of hydrogen-bond donors (Lipinski definition) is 0. The molecular weight excluding hydrogens is 399 g/mol. The Morgan fingerprint density at radius 2 is 1.08 bits per heavy atom. The van der Waals surface area contributed by atoms with E-state index in [1.165, 1.54) is 0 Å². The van der Waals surface area contributed by atoms with E-state index >= 15 is 0 Å². The van der Waals surface area contributed by atoms with Gasteiger partial charge in [0.25, 0.3) is 0 Å². The standard InChI is InChI=1S/C23H20O.Pd/c1-18(24)22(17-19-11-5-2-6-12-19)23(20-13-7-3-8-14-20)21-15-9-4-10-16-21;/h2-16H,17H2,1H3;. The Balaban J connectivity index is 0.00000225. The number of ketones is 1. The molecular formula is C23H20OPd. The van der Waals surface area contributed by atoms with E-state index in [4.69, 9.17) is 0 Å². The first-order valence-corrected chi connectivity index (χ1v) is 8.14. The molecule has 128 valence electrons. The van der Waals surface area contributed by atoms with Gasteiger partial charge in [0.05, 0.1) is 0 Å². The number of rotatable bonds is 5. The summed E-state index contributed by atoms with van der Waals surface area (Å²) in [5.74, 6) is 0.113. The van der Waals surface area contributed by atoms with Crippen LogP contribution in [0.1, 0.15) is 23.6 Å². The zero-order valence-electron chi connectivity index (χ0n) is 14.1. The molecule has 0 saturated heterocycles. The Hall–Kier alpha value is -2.27. The van der Waals surface area contributed by atoms with E-state index in [0.717, 1.165) is 27.8 Å². The predicted octanol–water partition coefficient (Wildman–Crippen LogP) is 5.32. The normalized spacial score (nSPS) is 9.80. The van der Waals surface area contributed by atoms with Crippen molar-refractivity contribution in [3.8, 4) is 0 Å². The van der Waals surface area contributed by atoms with Gasteiger partial charge in [-0.2, -0.15) is 0 Å². The van der Waals surface area contributed by atoms with Gasteiger partial charge in [-0.05, 0) is 29.2 Å². The number of carbonyl (C=O) groups excluding carboxylic acids is 1. The smallest absolute Gasteiger partial charge is 0.156 e. The molecule has 2 heteroatoms. The largest absolute Gasteiger partial charge is 0.295 e. The van der Waals surface area contributed by atoms with E-state index in [0.29, 0.717) is 6.42 Å². The number of hydrogen-bond acceptors (Lipinski definition) is 1. The fourth-order valence-electron chi connectivity index (χ4n) is 2.91. The second kappa shape index (κ2) is 9.28. The predicted molar refractivity (Wildman–Crippen MR) is 99.7 cm³/mol. The maximum absolute atomic E-state index is 12.5. The first-order chi connectivity index (χ1) is 11.8. The molecule has 0 unspecified atom stereocenters. The van der Waals surface area contributed by atoms with Crippen molar-refractivity contribution in [3.63, 3.8) is 0 Å². The van der Waals surface area contributed by atoms with Crippen LogP contribution in [0, 0.1) is 0 Å². The van der Waals surface area contributed by atoms with Crippen LogP contribution in [0.3, 0.4) is 0 Å². The van der Waals surface area contributed by atoms with Crippen LogP contribution < -0.4 is 0 Å². The van der Waals surface area contributed by atoms with E-state index < -0.39 is 0 Å². The summed E-state index contributed by atoms with van der Waals surface area (Å²) in [5, 5.41) is 0. The molecule has 0 spiro atoms. The van der Waals surface area contributed by atoms with Crippen LogP contribution in [0.4, 0.5) is 0 Å². The van der Waals surface area contributed by atoms with Gasteiger partial charge in [-0.15, -0.1) is 0 Å². The molecule has 0 aliphatic heterocycles. The molecule has 3 rings (SSSR count). The monoisotopic (exact) mass is 418 g/mol. The van der Waals surface area contributed by atoms with Gasteiger partial charge >= 0.3 is 0 Å². The van der Waals surface area contributed by atoms with Crippen LogP contribution in [0.2, 0.25) is 0 Å². The van der Waals surface area contributed by atoms with Crippen LogP contribution in [0.15, 0.2) is 96.6 Å². The zero-order valence-corrected chi connectivity index (χ0v) is 15.6. The van der Waals surface area contributed by atoms with Crippen molar-refractivity contribution in [1.82, 2.24) is 0 Å². The minimum atomic E-state index is 0. The molecule has 0 amide bonds. The molecule has 0 N–H and O–H groups in total. The van der Waals surface area contributed by atoms with Crippen molar-refractivity contribution < 1.29 is 25.2 Å². The molecule has 0 aliphatic carbocycles. The molecule has 0 fully saturated rings. The van der Waals surface area contributed by atoms with Crippen LogP contribution >= 0.6 is 0 Å². The molecule has 0 bridgehead atoms. The summed E-state index contributed by atoms with van der Waals surface area (Å²) < 4.78 is 0. The summed E-state index contributed by atoms with van der Waals surface area (Å²) in [7, 11) is 0. The molecule has 3 aromatic carbocycles. The summed E-state index contributed by atoms with van der Waals surface area (Å²) in [4.78, 5) is 12.5. The average Bonchev–Trinajstić information content (AvgIpc) is 2.64. The van der Waals surface area contributed by atoms with Gasteiger partial charge < -0.3 is 0 Å². The summed E-state index contributed by atoms with van der Waals surface area (Å²) in [6.07, 6.45) is 0.634. The molecule has 0 radical (unpaired) electrons. The topological polar surface area (TPSA) is 17.1 Å². The zero-order chi connectivity index (χ0) is 16.8. The maximum atomic E-state index is 12.5. The molecule has 0 atom stereocenters. The first kappa shape index (κ1) is 19.1. The number of benzene rings is 3. The Labute approximate surface area is 163 Å². The third-order valence-corrected chi connectivity index (χ3v) is 4.08. The number of Topliss-reactive ketones (excluding diaryl/α,β-unsaturated/α-hetero) is 1. The molecule has 0 aliphatic rings. The number of allylic oxidation sites excluding steroid dienone is 1. The van der Waals surface area contributed by atoms with E-state index in [1.807, 2.05) is 54.6 Å².